The molecule has 0 amide bonds. The van der Waals surface area contributed by atoms with Gasteiger partial charge in [0, 0.05) is 0 Å². The lowest BCUT2D eigenvalue weighted by Gasteiger charge is -2.13. The van der Waals surface area contributed by atoms with Crippen LogP contribution in [-0.4, -0.2) is 0 Å². The van der Waals surface area contributed by atoms with E-state index in [0.29, 0.717) is 0 Å². The van der Waals surface area contributed by atoms with Crippen LogP contribution in [0.15, 0.2) is 84.9 Å². The zero-order chi connectivity index (χ0) is 16.5. The van der Waals surface area contributed by atoms with E-state index in [1.165, 1.54) is 43.8 Å². The molecule has 4 rings (SSSR count). The summed E-state index contributed by atoms with van der Waals surface area (Å²) in [5, 5.41) is 5.22. The highest BCUT2D eigenvalue weighted by Crippen LogP contribution is 2.33. The third-order valence-electron chi connectivity index (χ3n) is 4.95. The minimum Gasteiger partial charge on any atom is -0.0616 e. The van der Waals surface area contributed by atoms with Crippen molar-refractivity contribution < 1.29 is 0 Å². The third kappa shape index (κ3) is 2.41. The van der Waals surface area contributed by atoms with Crippen LogP contribution in [-0.2, 0) is 0 Å². The molecule has 0 aliphatic rings. The van der Waals surface area contributed by atoms with Crippen molar-refractivity contribution in [2.75, 3.05) is 0 Å². The number of rotatable bonds is 2. The van der Waals surface area contributed by atoms with Crippen LogP contribution in [0.3, 0.4) is 0 Å². The largest absolute Gasteiger partial charge is 0.0616 e. The Bertz CT molecular complexity index is 970. The molecule has 4 aromatic carbocycles. The average Bonchev–Trinajstić information content (AvgIpc) is 2.66. The van der Waals surface area contributed by atoms with Gasteiger partial charge in [-0.15, -0.1) is 0 Å². The van der Waals surface area contributed by atoms with Gasteiger partial charge in [0.05, 0.1) is 0 Å². The predicted octanol–water partition coefficient (Wildman–Crippen LogP) is 6.94. The molecule has 0 saturated carbocycles. The Kier molecular flexibility index (Phi) is 3.66. The molecule has 0 radical (unpaired) electrons. The van der Waals surface area contributed by atoms with Crippen molar-refractivity contribution in [1.29, 1.82) is 0 Å². The summed E-state index contributed by atoms with van der Waals surface area (Å²) in [6.45, 7) is 4.47. The zero-order valence-corrected chi connectivity index (χ0v) is 14.1. The topological polar surface area (TPSA) is 0 Å². The van der Waals surface area contributed by atoms with Crippen LogP contribution in [0.1, 0.15) is 25.0 Å². The molecular weight excluding hydrogens is 288 g/mol. The van der Waals surface area contributed by atoms with Gasteiger partial charge in [-0.1, -0.05) is 84.9 Å². The summed E-state index contributed by atoms with van der Waals surface area (Å²) >= 11 is 0. The second-order valence-corrected chi connectivity index (χ2v) is 6.30. The fourth-order valence-electron chi connectivity index (χ4n) is 3.51. The van der Waals surface area contributed by atoms with Gasteiger partial charge in [-0.2, -0.15) is 0 Å². The molecule has 0 aliphatic carbocycles. The fraction of sp³-hybridized carbons (Fsp3) is 0.0833. The Morgan fingerprint density at radius 3 is 1.29 bits per heavy atom. The van der Waals surface area contributed by atoms with Gasteiger partial charge in [0.1, 0.15) is 0 Å². The van der Waals surface area contributed by atoms with Crippen molar-refractivity contribution >= 4 is 32.7 Å². The van der Waals surface area contributed by atoms with Crippen molar-refractivity contribution in [1.82, 2.24) is 0 Å². The van der Waals surface area contributed by atoms with Crippen LogP contribution in [0.25, 0.3) is 32.7 Å². The molecule has 0 nitrogen and oxygen atoms in total. The molecule has 4 aromatic rings. The summed E-state index contributed by atoms with van der Waals surface area (Å²) in [4.78, 5) is 0. The van der Waals surface area contributed by atoms with E-state index >= 15 is 0 Å². The Hall–Kier alpha value is -2.86. The van der Waals surface area contributed by atoms with Crippen LogP contribution in [0.5, 0.6) is 0 Å². The number of allylic oxidation sites excluding steroid dienone is 2. The smallest absolute Gasteiger partial charge is 0.0109 e. The highest BCUT2D eigenvalue weighted by molar-refractivity contribution is 6.04. The van der Waals surface area contributed by atoms with Gasteiger partial charge in [0.25, 0.3) is 0 Å². The third-order valence-corrected chi connectivity index (χ3v) is 4.95. The summed E-state index contributed by atoms with van der Waals surface area (Å²) in [7, 11) is 0. The summed E-state index contributed by atoms with van der Waals surface area (Å²) < 4.78 is 0. The molecule has 0 N–H and O–H groups in total. The molecule has 0 aromatic heterocycles. The van der Waals surface area contributed by atoms with E-state index in [1.54, 1.807) is 0 Å². The molecule has 0 bridgehead atoms. The first-order valence-corrected chi connectivity index (χ1v) is 8.39. The van der Waals surface area contributed by atoms with Gasteiger partial charge in [-0.05, 0) is 57.7 Å². The number of fused-ring (bicyclic) bond motifs is 2. The summed E-state index contributed by atoms with van der Waals surface area (Å²) in [5.41, 5.74) is 5.31. The molecule has 0 heteroatoms. The highest BCUT2D eigenvalue weighted by Gasteiger charge is 2.09. The Labute approximate surface area is 143 Å². The first-order chi connectivity index (χ1) is 11.8. The van der Waals surface area contributed by atoms with Crippen molar-refractivity contribution in [3.63, 3.8) is 0 Å². The van der Waals surface area contributed by atoms with E-state index in [4.69, 9.17) is 0 Å². The molecule has 116 valence electrons. The lowest BCUT2D eigenvalue weighted by Crippen LogP contribution is -1.89. The Morgan fingerprint density at radius 2 is 0.833 bits per heavy atom. The molecule has 24 heavy (non-hydrogen) atoms. The number of hydrogen-bond acceptors (Lipinski definition) is 0. The van der Waals surface area contributed by atoms with Gasteiger partial charge in [-0.25, -0.2) is 0 Å². The minimum absolute atomic E-state index is 1.29. The molecule has 0 aliphatic heterocycles. The number of benzene rings is 4. The summed E-state index contributed by atoms with van der Waals surface area (Å²) in [6.07, 6.45) is 0. The molecule has 0 heterocycles. The van der Waals surface area contributed by atoms with E-state index in [9.17, 15) is 0 Å². The van der Waals surface area contributed by atoms with E-state index < -0.39 is 0 Å². The first kappa shape index (κ1) is 14.7. The van der Waals surface area contributed by atoms with Crippen molar-refractivity contribution in [3.05, 3.63) is 96.1 Å². The molecular formula is C24H20. The van der Waals surface area contributed by atoms with Gasteiger partial charge in [-0.3, -0.25) is 0 Å². The molecule has 0 saturated heterocycles. The number of hydrogen-bond donors (Lipinski definition) is 0. The quantitative estimate of drug-likeness (QED) is 0.352. The standard InChI is InChI=1S/C24H20/c1-17(21-15-7-11-19-9-3-5-13-23(19)21)18(2)22-16-8-12-20-10-4-6-14-24(20)22/h3-16H,1-2H3. The maximum absolute atomic E-state index is 2.24. The van der Waals surface area contributed by atoms with Crippen molar-refractivity contribution in [3.8, 4) is 0 Å². The van der Waals surface area contributed by atoms with E-state index in [0.717, 1.165) is 0 Å². The van der Waals surface area contributed by atoms with Crippen LogP contribution in [0.2, 0.25) is 0 Å². The monoisotopic (exact) mass is 308 g/mol. The van der Waals surface area contributed by atoms with E-state index in [1.807, 2.05) is 0 Å². The lowest BCUT2D eigenvalue weighted by molar-refractivity contribution is 1.56. The summed E-state index contributed by atoms with van der Waals surface area (Å²) in [5.74, 6) is 0. The van der Waals surface area contributed by atoms with Crippen LogP contribution in [0.4, 0.5) is 0 Å². The van der Waals surface area contributed by atoms with Gasteiger partial charge >= 0.3 is 0 Å². The maximum Gasteiger partial charge on any atom is -0.0109 e. The summed E-state index contributed by atoms with van der Waals surface area (Å²) in [6, 6.07) is 30.3. The average molecular weight is 308 g/mol. The van der Waals surface area contributed by atoms with Gasteiger partial charge in [0.2, 0.25) is 0 Å². The van der Waals surface area contributed by atoms with Gasteiger partial charge in [0.15, 0.2) is 0 Å². The van der Waals surface area contributed by atoms with Crippen LogP contribution < -0.4 is 0 Å². The lowest BCUT2D eigenvalue weighted by atomic mass is 9.91. The van der Waals surface area contributed by atoms with Crippen molar-refractivity contribution in [2.45, 2.75) is 13.8 Å². The van der Waals surface area contributed by atoms with Crippen LogP contribution in [0, 0.1) is 0 Å². The fourth-order valence-corrected chi connectivity index (χ4v) is 3.51. The Balaban J connectivity index is 1.97. The molecule has 0 spiro atoms. The predicted molar refractivity (Wildman–Crippen MR) is 106 cm³/mol. The van der Waals surface area contributed by atoms with E-state index in [2.05, 4.69) is 98.8 Å². The van der Waals surface area contributed by atoms with Crippen molar-refractivity contribution in [2.24, 2.45) is 0 Å². The SMILES string of the molecule is CC(=C(C)c1cccc2ccccc12)c1cccc2ccccc12. The normalized spacial score (nSPS) is 12.4. The van der Waals surface area contributed by atoms with Gasteiger partial charge < -0.3 is 0 Å². The minimum atomic E-state index is 1.29. The second-order valence-electron chi connectivity index (χ2n) is 6.30. The zero-order valence-electron chi connectivity index (χ0n) is 14.1. The molecule has 0 unspecified atom stereocenters. The molecule has 0 fully saturated rings. The maximum atomic E-state index is 2.24. The van der Waals surface area contributed by atoms with E-state index in [-0.39, 0.29) is 0 Å². The first-order valence-electron chi connectivity index (χ1n) is 8.39. The second kappa shape index (κ2) is 5.98. The highest BCUT2D eigenvalue weighted by atomic mass is 14.1. The van der Waals surface area contributed by atoms with Crippen LogP contribution >= 0.6 is 0 Å². The molecule has 0 atom stereocenters. The Morgan fingerprint density at radius 1 is 0.458 bits per heavy atom.